The number of aromatic nitrogens is 2. The van der Waals surface area contributed by atoms with Crippen LogP contribution in [0.2, 0.25) is 0 Å². The predicted molar refractivity (Wildman–Crippen MR) is 97.0 cm³/mol. The number of aryl methyl sites for hydroxylation is 2. The SMILES string of the molecule is CCn1c(=O)n(CCC(=O)NC2CCN(C(=O)OC)C2)c2ccccc21. The van der Waals surface area contributed by atoms with Crippen LogP contribution in [0.1, 0.15) is 19.8 Å². The van der Waals surface area contributed by atoms with Gasteiger partial charge in [-0.1, -0.05) is 12.1 Å². The van der Waals surface area contributed by atoms with Crippen LogP contribution in [0, 0.1) is 0 Å². The Morgan fingerprint density at radius 3 is 2.58 bits per heavy atom. The molecular formula is C18H24N4O4. The van der Waals surface area contributed by atoms with Crippen molar-refractivity contribution in [3.05, 3.63) is 34.7 Å². The first-order chi connectivity index (χ1) is 12.5. The van der Waals surface area contributed by atoms with Crippen molar-refractivity contribution in [2.75, 3.05) is 20.2 Å². The molecule has 8 heteroatoms. The number of carbonyl (C=O) groups is 2. The minimum atomic E-state index is -0.374. The molecule has 2 aromatic rings. The van der Waals surface area contributed by atoms with Gasteiger partial charge >= 0.3 is 11.8 Å². The van der Waals surface area contributed by atoms with Gasteiger partial charge in [-0.3, -0.25) is 13.9 Å². The van der Waals surface area contributed by atoms with Gasteiger partial charge in [0.1, 0.15) is 0 Å². The van der Waals surface area contributed by atoms with Gasteiger partial charge < -0.3 is 15.0 Å². The highest BCUT2D eigenvalue weighted by molar-refractivity contribution is 5.78. The molecule has 2 amide bonds. The molecule has 0 spiro atoms. The van der Waals surface area contributed by atoms with Crippen LogP contribution in [0.3, 0.4) is 0 Å². The third-order valence-electron chi connectivity index (χ3n) is 4.79. The molecule has 26 heavy (non-hydrogen) atoms. The molecule has 0 bridgehead atoms. The maximum atomic E-state index is 12.6. The first-order valence-electron chi connectivity index (χ1n) is 8.85. The van der Waals surface area contributed by atoms with Gasteiger partial charge in [-0.25, -0.2) is 9.59 Å². The summed E-state index contributed by atoms with van der Waals surface area (Å²) in [4.78, 5) is 37.9. The maximum Gasteiger partial charge on any atom is 0.409 e. The predicted octanol–water partition coefficient (Wildman–Crippen LogP) is 1.17. The smallest absolute Gasteiger partial charge is 0.409 e. The largest absolute Gasteiger partial charge is 0.453 e. The molecular weight excluding hydrogens is 336 g/mol. The van der Waals surface area contributed by atoms with Gasteiger partial charge in [0.25, 0.3) is 0 Å². The first kappa shape index (κ1) is 18.0. The number of hydrogen-bond donors (Lipinski definition) is 1. The van der Waals surface area contributed by atoms with Gasteiger partial charge in [0, 0.05) is 38.6 Å². The van der Waals surface area contributed by atoms with Crippen molar-refractivity contribution < 1.29 is 14.3 Å². The maximum absolute atomic E-state index is 12.6. The summed E-state index contributed by atoms with van der Waals surface area (Å²) in [6.07, 6.45) is 0.545. The number of hydrogen-bond acceptors (Lipinski definition) is 4. The summed E-state index contributed by atoms with van der Waals surface area (Å²) in [6.45, 7) is 3.86. The van der Waals surface area contributed by atoms with Crippen LogP contribution in [-0.4, -0.2) is 52.3 Å². The summed E-state index contributed by atoms with van der Waals surface area (Å²) in [5, 5.41) is 2.94. The molecule has 3 rings (SSSR count). The molecule has 1 aliphatic heterocycles. The van der Waals surface area contributed by atoms with Crippen LogP contribution in [0.4, 0.5) is 4.79 Å². The normalized spacial score (nSPS) is 16.8. The second kappa shape index (κ2) is 7.63. The number of benzene rings is 1. The highest BCUT2D eigenvalue weighted by Gasteiger charge is 2.27. The zero-order chi connectivity index (χ0) is 18.7. The number of ether oxygens (including phenoxy) is 1. The molecule has 1 saturated heterocycles. The molecule has 2 heterocycles. The number of imidazole rings is 1. The summed E-state index contributed by atoms with van der Waals surface area (Å²) in [5.74, 6) is -0.123. The summed E-state index contributed by atoms with van der Waals surface area (Å²) < 4.78 is 8.05. The molecule has 1 N–H and O–H groups in total. The Morgan fingerprint density at radius 2 is 1.92 bits per heavy atom. The van der Waals surface area contributed by atoms with E-state index in [-0.39, 0.29) is 30.2 Å². The summed E-state index contributed by atoms with van der Waals surface area (Å²) in [5.41, 5.74) is 1.62. The van der Waals surface area contributed by atoms with Gasteiger partial charge in [-0.2, -0.15) is 0 Å². The molecule has 0 aliphatic carbocycles. The highest BCUT2D eigenvalue weighted by Crippen LogP contribution is 2.14. The van der Waals surface area contributed by atoms with E-state index in [1.165, 1.54) is 7.11 Å². The molecule has 1 unspecified atom stereocenters. The van der Waals surface area contributed by atoms with Gasteiger partial charge in [-0.15, -0.1) is 0 Å². The average molecular weight is 360 g/mol. The third-order valence-corrected chi connectivity index (χ3v) is 4.79. The Balaban J connectivity index is 1.62. The van der Waals surface area contributed by atoms with Crippen molar-refractivity contribution in [1.82, 2.24) is 19.4 Å². The van der Waals surface area contributed by atoms with E-state index >= 15 is 0 Å². The first-order valence-corrected chi connectivity index (χ1v) is 8.85. The third kappa shape index (κ3) is 3.44. The molecule has 1 aromatic heterocycles. The van der Waals surface area contributed by atoms with Crippen LogP contribution in [0.5, 0.6) is 0 Å². The second-order valence-electron chi connectivity index (χ2n) is 6.39. The van der Waals surface area contributed by atoms with Crippen LogP contribution in [0.25, 0.3) is 11.0 Å². The molecule has 1 aliphatic rings. The number of carbonyl (C=O) groups excluding carboxylic acids is 2. The molecule has 0 saturated carbocycles. The van der Waals surface area contributed by atoms with Gasteiger partial charge in [0.05, 0.1) is 18.1 Å². The monoisotopic (exact) mass is 360 g/mol. The summed E-state index contributed by atoms with van der Waals surface area (Å²) in [6, 6.07) is 7.52. The Bertz CT molecular complexity index is 870. The highest BCUT2D eigenvalue weighted by atomic mass is 16.5. The zero-order valence-corrected chi connectivity index (χ0v) is 15.1. The van der Waals surface area contributed by atoms with Crippen LogP contribution < -0.4 is 11.0 Å². The van der Waals surface area contributed by atoms with E-state index in [0.29, 0.717) is 32.6 Å². The lowest BCUT2D eigenvalue weighted by Crippen LogP contribution is -2.39. The van der Waals surface area contributed by atoms with Crippen molar-refractivity contribution in [2.45, 2.75) is 38.9 Å². The molecule has 1 fully saturated rings. The molecule has 1 atom stereocenters. The average Bonchev–Trinajstić information content (AvgIpc) is 3.21. The Hall–Kier alpha value is -2.77. The fourth-order valence-corrected chi connectivity index (χ4v) is 3.48. The van der Waals surface area contributed by atoms with Crippen molar-refractivity contribution in [3.63, 3.8) is 0 Å². The van der Waals surface area contributed by atoms with E-state index in [1.807, 2.05) is 31.2 Å². The second-order valence-corrected chi connectivity index (χ2v) is 6.39. The van der Waals surface area contributed by atoms with Crippen molar-refractivity contribution >= 4 is 23.0 Å². The van der Waals surface area contributed by atoms with Crippen LogP contribution in [0.15, 0.2) is 29.1 Å². The van der Waals surface area contributed by atoms with Crippen molar-refractivity contribution in [3.8, 4) is 0 Å². The number of methoxy groups -OCH3 is 1. The minimum Gasteiger partial charge on any atom is -0.453 e. The van der Waals surface area contributed by atoms with Gasteiger partial charge in [0.2, 0.25) is 5.91 Å². The molecule has 1 aromatic carbocycles. The Morgan fingerprint density at radius 1 is 1.23 bits per heavy atom. The van der Waals surface area contributed by atoms with Crippen molar-refractivity contribution in [1.29, 1.82) is 0 Å². The number of fused-ring (bicyclic) bond motifs is 1. The Labute approximate surface area is 151 Å². The van der Waals surface area contributed by atoms with E-state index in [2.05, 4.69) is 5.32 Å². The summed E-state index contributed by atoms with van der Waals surface area (Å²) >= 11 is 0. The fourth-order valence-electron chi connectivity index (χ4n) is 3.48. The Kier molecular flexibility index (Phi) is 5.29. The lowest BCUT2D eigenvalue weighted by molar-refractivity contribution is -0.121. The number of likely N-dealkylation sites (tertiary alicyclic amines) is 1. The number of nitrogens with zero attached hydrogens (tertiary/aromatic N) is 3. The number of nitrogens with one attached hydrogen (secondary N) is 1. The van der Waals surface area contributed by atoms with Crippen molar-refractivity contribution in [2.24, 2.45) is 0 Å². The van der Waals surface area contributed by atoms with E-state index < -0.39 is 0 Å². The lowest BCUT2D eigenvalue weighted by atomic mass is 10.2. The van der Waals surface area contributed by atoms with Crippen LogP contribution >= 0.6 is 0 Å². The number of para-hydroxylation sites is 2. The van der Waals surface area contributed by atoms with Gasteiger partial charge in [-0.05, 0) is 25.5 Å². The van der Waals surface area contributed by atoms with E-state index in [0.717, 1.165) is 11.0 Å². The number of rotatable bonds is 5. The minimum absolute atomic E-state index is 0.0738. The zero-order valence-electron chi connectivity index (χ0n) is 15.1. The molecule has 0 radical (unpaired) electrons. The topological polar surface area (TPSA) is 85.6 Å². The summed E-state index contributed by atoms with van der Waals surface area (Å²) in [7, 11) is 1.35. The fraction of sp³-hybridized carbons (Fsp3) is 0.500. The molecule has 8 nitrogen and oxygen atoms in total. The van der Waals surface area contributed by atoms with Crippen LogP contribution in [-0.2, 0) is 22.6 Å². The quantitative estimate of drug-likeness (QED) is 0.867. The van der Waals surface area contributed by atoms with Gasteiger partial charge in [0.15, 0.2) is 0 Å². The number of amides is 2. The lowest BCUT2D eigenvalue weighted by Gasteiger charge is -2.15. The standard InChI is InChI=1S/C18H24N4O4/c1-3-21-14-6-4-5-7-15(14)22(17(21)24)11-9-16(23)19-13-8-10-20(12-13)18(25)26-2/h4-7,13H,3,8-12H2,1-2H3,(H,19,23). The molecule has 140 valence electrons. The van der Waals surface area contributed by atoms with E-state index in [4.69, 9.17) is 4.74 Å². The van der Waals surface area contributed by atoms with E-state index in [1.54, 1.807) is 14.0 Å². The van der Waals surface area contributed by atoms with E-state index in [9.17, 15) is 14.4 Å².